The average Bonchev–Trinajstić information content (AvgIpc) is 2.28. The standard InChI is InChI=1S/C14H19N5/c1-8(2)6-10-4-5-12-11(7-10)9(3)17-14(18-12)19-13(15)16/h4-5,7-8H,6H2,1-3H3,(H4,15,16,17,18,19). The topological polar surface area (TPSA) is 90.2 Å². The van der Waals surface area contributed by atoms with Crippen LogP contribution >= 0.6 is 0 Å². The van der Waals surface area contributed by atoms with Crippen molar-refractivity contribution in [1.82, 2.24) is 9.97 Å². The van der Waals surface area contributed by atoms with Crippen LogP contribution in [0, 0.1) is 12.8 Å². The number of aryl methyl sites for hydroxylation is 1. The maximum Gasteiger partial charge on any atom is 0.253 e. The molecule has 2 aromatic rings. The second-order valence-electron chi connectivity index (χ2n) is 5.10. The Morgan fingerprint density at radius 3 is 2.63 bits per heavy atom. The summed E-state index contributed by atoms with van der Waals surface area (Å²) < 4.78 is 0. The summed E-state index contributed by atoms with van der Waals surface area (Å²) in [5, 5.41) is 1.05. The summed E-state index contributed by atoms with van der Waals surface area (Å²) >= 11 is 0. The molecule has 0 fully saturated rings. The average molecular weight is 257 g/mol. The smallest absolute Gasteiger partial charge is 0.253 e. The summed E-state index contributed by atoms with van der Waals surface area (Å²) in [4.78, 5) is 12.5. The molecule has 1 aromatic carbocycles. The SMILES string of the molecule is Cc1nc(N=C(N)N)nc2ccc(CC(C)C)cc12. The molecule has 0 aliphatic carbocycles. The fourth-order valence-corrected chi connectivity index (χ4v) is 2.08. The predicted octanol–water partition coefficient (Wildman–Crippen LogP) is 2.04. The molecule has 4 N–H and O–H groups in total. The molecule has 0 unspecified atom stereocenters. The number of aliphatic imine (C=N–C) groups is 1. The second-order valence-corrected chi connectivity index (χ2v) is 5.10. The van der Waals surface area contributed by atoms with Gasteiger partial charge in [0, 0.05) is 5.39 Å². The van der Waals surface area contributed by atoms with Gasteiger partial charge in [0.1, 0.15) is 0 Å². The Balaban J connectivity index is 2.50. The number of hydrogen-bond acceptors (Lipinski definition) is 3. The van der Waals surface area contributed by atoms with Gasteiger partial charge in [-0.05, 0) is 37.0 Å². The lowest BCUT2D eigenvalue weighted by Crippen LogP contribution is -2.22. The van der Waals surface area contributed by atoms with Crippen molar-refractivity contribution in [3.05, 3.63) is 29.5 Å². The van der Waals surface area contributed by atoms with Crippen LogP contribution in [0.15, 0.2) is 23.2 Å². The molecular weight excluding hydrogens is 238 g/mol. The molecule has 0 aliphatic rings. The maximum atomic E-state index is 5.35. The first kappa shape index (κ1) is 13.3. The van der Waals surface area contributed by atoms with E-state index in [-0.39, 0.29) is 5.96 Å². The fraction of sp³-hybridized carbons (Fsp3) is 0.357. The minimum atomic E-state index is -0.0322. The number of rotatable bonds is 3. The molecule has 0 amide bonds. The van der Waals surface area contributed by atoms with Crippen LogP contribution in [0.25, 0.3) is 10.9 Å². The van der Waals surface area contributed by atoms with Crippen LogP contribution in [0.5, 0.6) is 0 Å². The van der Waals surface area contributed by atoms with Gasteiger partial charge in [0.25, 0.3) is 5.95 Å². The molecule has 2 rings (SSSR count). The molecule has 5 nitrogen and oxygen atoms in total. The highest BCUT2D eigenvalue weighted by Gasteiger charge is 2.06. The van der Waals surface area contributed by atoms with Gasteiger partial charge >= 0.3 is 0 Å². The summed E-state index contributed by atoms with van der Waals surface area (Å²) in [5.41, 5.74) is 13.7. The van der Waals surface area contributed by atoms with Crippen LogP contribution in [-0.4, -0.2) is 15.9 Å². The molecule has 1 aromatic heterocycles. The Hall–Kier alpha value is -2.17. The number of aromatic nitrogens is 2. The van der Waals surface area contributed by atoms with Crippen molar-refractivity contribution in [2.75, 3.05) is 0 Å². The minimum absolute atomic E-state index is 0.0322. The molecule has 1 heterocycles. The van der Waals surface area contributed by atoms with Crippen LogP contribution in [0.2, 0.25) is 0 Å². The largest absolute Gasteiger partial charge is 0.370 e. The van der Waals surface area contributed by atoms with Crippen molar-refractivity contribution >= 4 is 22.8 Å². The molecule has 0 atom stereocenters. The van der Waals surface area contributed by atoms with E-state index in [2.05, 4.69) is 40.9 Å². The highest BCUT2D eigenvalue weighted by atomic mass is 15.1. The summed E-state index contributed by atoms with van der Waals surface area (Å²) in [6.45, 7) is 6.35. The van der Waals surface area contributed by atoms with Crippen LogP contribution in [0.3, 0.4) is 0 Å². The highest BCUT2D eigenvalue weighted by Crippen LogP contribution is 2.21. The summed E-state index contributed by atoms with van der Waals surface area (Å²) in [6.07, 6.45) is 1.05. The number of hydrogen-bond donors (Lipinski definition) is 2. The third kappa shape index (κ3) is 3.19. The summed E-state index contributed by atoms with van der Waals surface area (Å²) in [5.74, 6) is 0.899. The molecule has 0 saturated heterocycles. The first-order chi connectivity index (χ1) is 8.95. The van der Waals surface area contributed by atoms with Gasteiger partial charge in [-0.25, -0.2) is 9.97 Å². The lowest BCUT2D eigenvalue weighted by molar-refractivity contribution is 0.648. The van der Waals surface area contributed by atoms with E-state index < -0.39 is 0 Å². The van der Waals surface area contributed by atoms with Gasteiger partial charge < -0.3 is 11.5 Å². The van der Waals surface area contributed by atoms with E-state index in [4.69, 9.17) is 11.5 Å². The van der Waals surface area contributed by atoms with Crippen molar-refractivity contribution in [3.63, 3.8) is 0 Å². The van der Waals surface area contributed by atoms with Gasteiger partial charge in [-0.1, -0.05) is 19.9 Å². The van der Waals surface area contributed by atoms with E-state index in [1.54, 1.807) is 0 Å². The van der Waals surface area contributed by atoms with Crippen LogP contribution in [0.4, 0.5) is 5.95 Å². The van der Waals surface area contributed by atoms with Gasteiger partial charge in [-0.3, -0.25) is 0 Å². The maximum absolute atomic E-state index is 5.35. The first-order valence-electron chi connectivity index (χ1n) is 6.32. The molecule has 5 heteroatoms. The number of fused-ring (bicyclic) bond motifs is 1. The van der Waals surface area contributed by atoms with E-state index in [9.17, 15) is 0 Å². The quantitative estimate of drug-likeness (QED) is 0.650. The van der Waals surface area contributed by atoms with Gasteiger partial charge in [-0.2, -0.15) is 4.99 Å². The van der Waals surface area contributed by atoms with Crippen molar-refractivity contribution < 1.29 is 0 Å². The van der Waals surface area contributed by atoms with Crippen molar-refractivity contribution in [2.45, 2.75) is 27.2 Å². The Morgan fingerprint density at radius 2 is 2.00 bits per heavy atom. The minimum Gasteiger partial charge on any atom is -0.370 e. The van der Waals surface area contributed by atoms with Gasteiger partial charge in [0.15, 0.2) is 5.96 Å². The Labute approximate surface area is 112 Å². The van der Waals surface area contributed by atoms with Crippen molar-refractivity contribution in [1.29, 1.82) is 0 Å². The monoisotopic (exact) mass is 257 g/mol. The van der Waals surface area contributed by atoms with E-state index >= 15 is 0 Å². The van der Waals surface area contributed by atoms with E-state index in [1.165, 1.54) is 5.56 Å². The second kappa shape index (κ2) is 5.22. The van der Waals surface area contributed by atoms with Crippen molar-refractivity contribution in [2.24, 2.45) is 22.4 Å². The summed E-state index contributed by atoms with van der Waals surface area (Å²) in [7, 11) is 0. The van der Waals surface area contributed by atoms with E-state index in [0.717, 1.165) is 23.0 Å². The normalized spacial score (nSPS) is 10.9. The molecule has 0 radical (unpaired) electrons. The zero-order chi connectivity index (χ0) is 14.0. The van der Waals surface area contributed by atoms with Crippen LogP contribution in [-0.2, 0) is 6.42 Å². The van der Waals surface area contributed by atoms with Gasteiger partial charge in [-0.15, -0.1) is 0 Å². The van der Waals surface area contributed by atoms with Crippen LogP contribution in [0.1, 0.15) is 25.1 Å². The number of nitrogens with two attached hydrogens (primary N) is 2. The third-order valence-electron chi connectivity index (χ3n) is 2.81. The first-order valence-corrected chi connectivity index (χ1v) is 6.32. The third-order valence-corrected chi connectivity index (χ3v) is 2.81. The molecule has 0 spiro atoms. The molecular formula is C14H19N5. The predicted molar refractivity (Wildman–Crippen MR) is 78.3 cm³/mol. The zero-order valence-electron chi connectivity index (χ0n) is 11.5. The van der Waals surface area contributed by atoms with Gasteiger partial charge in [0.2, 0.25) is 0 Å². The van der Waals surface area contributed by atoms with Crippen molar-refractivity contribution in [3.8, 4) is 0 Å². The Bertz CT molecular complexity index is 627. The lowest BCUT2D eigenvalue weighted by Gasteiger charge is -2.08. The Morgan fingerprint density at radius 1 is 1.26 bits per heavy atom. The molecule has 19 heavy (non-hydrogen) atoms. The molecule has 0 aliphatic heterocycles. The molecule has 100 valence electrons. The summed E-state index contributed by atoms with van der Waals surface area (Å²) in [6, 6.07) is 6.23. The van der Waals surface area contributed by atoms with Gasteiger partial charge in [0.05, 0.1) is 11.2 Å². The molecule has 0 bridgehead atoms. The van der Waals surface area contributed by atoms with E-state index in [0.29, 0.717) is 11.9 Å². The highest BCUT2D eigenvalue weighted by molar-refractivity contribution is 5.83. The molecule has 0 saturated carbocycles. The zero-order valence-corrected chi connectivity index (χ0v) is 11.5. The lowest BCUT2D eigenvalue weighted by atomic mass is 10.0. The fourth-order valence-electron chi connectivity index (χ4n) is 2.08. The Kier molecular flexibility index (Phi) is 3.64. The number of nitrogens with zero attached hydrogens (tertiary/aromatic N) is 3. The van der Waals surface area contributed by atoms with Crippen LogP contribution < -0.4 is 11.5 Å². The van der Waals surface area contributed by atoms with E-state index in [1.807, 2.05) is 13.0 Å². The number of guanidine groups is 1. The number of benzene rings is 1.